The average Bonchev–Trinajstić information content (AvgIpc) is 3.10. The quantitative estimate of drug-likeness (QED) is 0.372. The molecule has 1 aromatic heterocycles. The molecule has 3 aromatic rings. The number of rotatable bonds is 6. The highest BCUT2D eigenvalue weighted by atomic mass is 32.2. The SMILES string of the molecule is Cc1ccc(-n2nnnc2SC(C)C(=O)Nc2ccc(F)c([N+](=O)[O-])c2)c(C)c1. The van der Waals surface area contributed by atoms with Crippen molar-refractivity contribution in [3.05, 3.63) is 63.5 Å². The fraction of sp³-hybridized carbons (Fsp3) is 0.222. The molecular formula is C18H17FN6O3S. The van der Waals surface area contributed by atoms with Crippen molar-refractivity contribution in [1.29, 1.82) is 0 Å². The summed E-state index contributed by atoms with van der Waals surface area (Å²) in [4.78, 5) is 22.5. The zero-order chi connectivity index (χ0) is 21.1. The molecule has 0 bridgehead atoms. The third-order valence-corrected chi connectivity index (χ3v) is 5.12. The van der Waals surface area contributed by atoms with Gasteiger partial charge in [0.2, 0.25) is 16.9 Å². The molecule has 2 aromatic carbocycles. The molecule has 1 unspecified atom stereocenters. The van der Waals surface area contributed by atoms with Crippen LogP contribution in [0.15, 0.2) is 41.6 Å². The second kappa shape index (κ2) is 8.35. The zero-order valence-electron chi connectivity index (χ0n) is 15.8. The highest BCUT2D eigenvalue weighted by Crippen LogP contribution is 2.26. The fourth-order valence-electron chi connectivity index (χ4n) is 2.63. The number of nitrogens with zero attached hydrogens (tertiary/aromatic N) is 5. The van der Waals surface area contributed by atoms with Crippen LogP contribution < -0.4 is 5.32 Å². The van der Waals surface area contributed by atoms with Gasteiger partial charge in [-0.1, -0.05) is 29.5 Å². The van der Waals surface area contributed by atoms with Gasteiger partial charge in [0, 0.05) is 11.8 Å². The summed E-state index contributed by atoms with van der Waals surface area (Å²) in [6.45, 7) is 5.58. The second-order valence-corrected chi connectivity index (χ2v) is 7.64. The van der Waals surface area contributed by atoms with Crippen LogP contribution in [0, 0.1) is 29.8 Å². The number of carbonyl (C=O) groups is 1. The van der Waals surface area contributed by atoms with Crippen molar-refractivity contribution in [2.24, 2.45) is 0 Å². The van der Waals surface area contributed by atoms with Crippen LogP contribution in [0.2, 0.25) is 0 Å². The topological polar surface area (TPSA) is 116 Å². The molecule has 1 amide bonds. The van der Waals surface area contributed by atoms with Gasteiger partial charge in [-0.05, 0) is 55.0 Å². The number of carbonyl (C=O) groups excluding carboxylic acids is 1. The lowest BCUT2D eigenvalue weighted by Crippen LogP contribution is -2.23. The Labute approximate surface area is 169 Å². The summed E-state index contributed by atoms with van der Waals surface area (Å²) < 4.78 is 15.0. The number of anilines is 1. The summed E-state index contributed by atoms with van der Waals surface area (Å²) in [7, 11) is 0. The van der Waals surface area contributed by atoms with Crippen LogP contribution >= 0.6 is 11.8 Å². The number of amides is 1. The van der Waals surface area contributed by atoms with E-state index in [1.54, 1.807) is 11.6 Å². The summed E-state index contributed by atoms with van der Waals surface area (Å²) in [5, 5.41) is 24.9. The van der Waals surface area contributed by atoms with Crippen molar-refractivity contribution in [3.63, 3.8) is 0 Å². The number of nitro groups is 1. The first-order valence-corrected chi connectivity index (χ1v) is 9.41. The molecule has 0 fully saturated rings. The Bertz CT molecular complexity index is 1090. The molecule has 9 nitrogen and oxygen atoms in total. The van der Waals surface area contributed by atoms with Crippen LogP contribution in [0.5, 0.6) is 0 Å². The van der Waals surface area contributed by atoms with Gasteiger partial charge in [-0.3, -0.25) is 14.9 Å². The Morgan fingerprint density at radius 2 is 2.03 bits per heavy atom. The Morgan fingerprint density at radius 3 is 2.72 bits per heavy atom. The van der Waals surface area contributed by atoms with Gasteiger partial charge in [-0.25, -0.2) is 0 Å². The Morgan fingerprint density at radius 1 is 1.28 bits per heavy atom. The van der Waals surface area contributed by atoms with Gasteiger partial charge in [0.15, 0.2) is 0 Å². The molecule has 150 valence electrons. The first-order chi connectivity index (χ1) is 13.8. The van der Waals surface area contributed by atoms with E-state index in [0.717, 1.165) is 40.7 Å². The van der Waals surface area contributed by atoms with E-state index in [0.29, 0.717) is 5.16 Å². The first-order valence-electron chi connectivity index (χ1n) is 8.53. The second-order valence-electron chi connectivity index (χ2n) is 6.34. The lowest BCUT2D eigenvalue weighted by molar-refractivity contribution is -0.387. The van der Waals surface area contributed by atoms with E-state index < -0.39 is 27.6 Å². The Balaban J connectivity index is 1.75. The smallest absolute Gasteiger partial charge is 0.306 e. The molecule has 0 spiro atoms. The van der Waals surface area contributed by atoms with Crippen LogP contribution in [0.3, 0.4) is 0 Å². The highest BCUT2D eigenvalue weighted by molar-refractivity contribution is 8.00. The standard InChI is InChI=1S/C18H17FN6O3S/c1-10-4-7-15(11(2)8-10)24-18(21-22-23-24)29-12(3)17(26)20-13-5-6-14(19)16(9-13)25(27)28/h4-9,12H,1-3H3,(H,20,26). The molecule has 0 radical (unpaired) electrons. The number of aromatic nitrogens is 4. The molecule has 0 aliphatic carbocycles. The molecule has 1 heterocycles. The summed E-state index contributed by atoms with van der Waals surface area (Å²) in [6, 6.07) is 9.01. The van der Waals surface area contributed by atoms with Crippen molar-refractivity contribution >= 4 is 29.0 Å². The van der Waals surface area contributed by atoms with Gasteiger partial charge < -0.3 is 5.32 Å². The predicted molar refractivity (Wildman–Crippen MR) is 106 cm³/mol. The monoisotopic (exact) mass is 416 g/mol. The third kappa shape index (κ3) is 4.57. The van der Waals surface area contributed by atoms with Gasteiger partial charge in [-0.15, -0.1) is 5.10 Å². The number of nitro benzene ring substituents is 1. The van der Waals surface area contributed by atoms with E-state index in [1.165, 1.54) is 6.07 Å². The number of hydrogen-bond acceptors (Lipinski definition) is 7. The van der Waals surface area contributed by atoms with Crippen LogP contribution in [0.25, 0.3) is 5.69 Å². The number of benzene rings is 2. The lowest BCUT2D eigenvalue weighted by Gasteiger charge is -2.13. The Kier molecular flexibility index (Phi) is 5.87. The average molecular weight is 416 g/mol. The zero-order valence-corrected chi connectivity index (χ0v) is 16.6. The molecule has 1 N–H and O–H groups in total. The molecule has 0 saturated heterocycles. The summed E-state index contributed by atoms with van der Waals surface area (Å²) in [6.07, 6.45) is 0. The molecule has 29 heavy (non-hydrogen) atoms. The lowest BCUT2D eigenvalue weighted by atomic mass is 10.1. The number of nitrogens with one attached hydrogen (secondary N) is 1. The van der Waals surface area contributed by atoms with Crippen molar-refractivity contribution in [3.8, 4) is 5.69 Å². The van der Waals surface area contributed by atoms with Gasteiger partial charge in [-0.2, -0.15) is 9.07 Å². The van der Waals surface area contributed by atoms with E-state index in [1.807, 2.05) is 32.0 Å². The number of tetrazole rings is 1. The molecule has 1 atom stereocenters. The van der Waals surface area contributed by atoms with E-state index in [4.69, 9.17) is 0 Å². The minimum Gasteiger partial charge on any atom is -0.325 e. The fourth-order valence-corrected chi connectivity index (χ4v) is 3.43. The first kappa shape index (κ1) is 20.4. The summed E-state index contributed by atoms with van der Waals surface area (Å²) >= 11 is 1.13. The molecular weight excluding hydrogens is 399 g/mol. The van der Waals surface area contributed by atoms with Crippen molar-refractivity contribution in [1.82, 2.24) is 20.2 Å². The maximum atomic E-state index is 13.4. The van der Waals surface area contributed by atoms with Crippen molar-refractivity contribution in [2.45, 2.75) is 31.2 Å². The normalized spacial score (nSPS) is 11.9. The molecule has 0 saturated carbocycles. The van der Waals surface area contributed by atoms with Crippen LogP contribution in [0.4, 0.5) is 15.8 Å². The molecule has 0 aliphatic rings. The van der Waals surface area contributed by atoms with Gasteiger partial charge in [0.1, 0.15) is 0 Å². The molecule has 3 rings (SSSR count). The third-order valence-electron chi connectivity index (χ3n) is 4.08. The number of halogens is 1. The minimum atomic E-state index is -0.969. The van der Waals surface area contributed by atoms with E-state index in [-0.39, 0.29) is 5.69 Å². The van der Waals surface area contributed by atoms with Gasteiger partial charge >= 0.3 is 5.69 Å². The predicted octanol–water partition coefficient (Wildman–Crippen LogP) is 3.45. The largest absolute Gasteiger partial charge is 0.325 e. The highest BCUT2D eigenvalue weighted by Gasteiger charge is 2.21. The van der Waals surface area contributed by atoms with Crippen LogP contribution in [-0.2, 0) is 4.79 Å². The maximum absolute atomic E-state index is 13.4. The summed E-state index contributed by atoms with van der Waals surface area (Å²) in [5.74, 6) is -1.39. The van der Waals surface area contributed by atoms with Crippen LogP contribution in [-0.4, -0.2) is 36.3 Å². The van der Waals surface area contributed by atoms with Crippen LogP contribution in [0.1, 0.15) is 18.1 Å². The molecule has 0 aliphatic heterocycles. The maximum Gasteiger partial charge on any atom is 0.306 e. The van der Waals surface area contributed by atoms with Crippen molar-refractivity contribution in [2.75, 3.05) is 5.32 Å². The van der Waals surface area contributed by atoms with Crippen molar-refractivity contribution < 1.29 is 14.1 Å². The number of aryl methyl sites for hydroxylation is 2. The van der Waals surface area contributed by atoms with E-state index in [2.05, 4.69) is 20.8 Å². The Hall–Kier alpha value is -3.34. The van der Waals surface area contributed by atoms with E-state index in [9.17, 15) is 19.3 Å². The number of thioether (sulfide) groups is 1. The van der Waals surface area contributed by atoms with Gasteiger partial charge in [0.25, 0.3) is 0 Å². The van der Waals surface area contributed by atoms with Gasteiger partial charge in [0.05, 0.1) is 15.9 Å². The number of hydrogen-bond donors (Lipinski definition) is 1. The minimum absolute atomic E-state index is 0.129. The summed E-state index contributed by atoms with van der Waals surface area (Å²) in [5.41, 5.74) is 2.31. The molecule has 11 heteroatoms. The van der Waals surface area contributed by atoms with E-state index >= 15 is 0 Å².